The Bertz CT molecular complexity index is 641. The van der Waals surface area contributed by atoms with Crippen molar-refractivity contribution in [1.82, 2.24) is 4.72 Å². The number of amides is 1. The Morgan fingerprint density at radius 3 is 2.57 bits per heavy atom. The number of carbonyl (C=O) groups excluding carboxylic acids is 1. The maximum absolute atomic E-state index is 12.1. The highest BCUT2D eigenvalue weighted by atomic mass is 32.2. The summed E-state index contributed by atoms with van der Waals surface area (Å²) in [6, 6.07) is 4.01. The molecule has 1 rings (SSSR count). The minimum Gasteiger partial charge on any atom is -0.497 e. The lowest BCUT2D eigenvalue weighted by molar-refractivity contribution is -0.136. The molecule has 0 aliphatic heterocycles. The molecule has 0 bridgehead atoms. The number of hydrogen-bond acceptors (Lipinski definition) is 5. The molecule has 1 amide bonds. The van der Waals surface area contributed by atoms with E-state index in [1.807, 2.05) is 0 Å². The van der Waals surface area contributed by atoms with Gasteiger partial charge in [-0.2, -0.15) is 0 Å². The molecule has 21 heavy (non-hydrogen) atoms. The third-order valence-electron chi connectivity index (χ3n) is 2.56. The van der Waals surface area contributed by atoms with E-state index in [-0.39, 0.29) is 23.4 Å². The molecular formula is C12H16N2O6S. The molecule has 0 aromatic heterocycles. The molecule has 0 heterocycles. The minimum absolute atomic E-state index is 0.0911. The first-order valence-corrected chi connectivity index (χ1v) is 7.41. The lowest BCUT2D eigenvalue weighted by atomic mass is 10.1. The first-order valence-electron chi connectivity index (χ1n) is 5.93. The van der Waals surface area contributed by atoms with Gasteiger partial charge in [-0.25, -0.2) is 13.1 Å². The highest BCUT2D eigenvalue weighted by Crippen LogP contribution is 2.22. The molecule has 1 aromatic carbocycles. The zero-order chi connectivity index (χ0) is 16.0. The van der Waals surface area contributed by atoms with Crippen molar-refractivity contribution in [1.29, 1.82) is 0 Å². The van der Waals surface area contributed by atoms with Gasteiger partial charge in [0.1, 0.15) is 5.75 Å². The van der Waals surface area contributed by atoms with Crippen LogP contribution in [0.4, 0.5) is 0 Å². The van der Waals surface area contributed by atoms with Crippen LogP contribution in [0.5, 0.6) is 5.75 Å². The van der Waals surface area contributed by atoms with Crippen molar-refractivity contribution in [2.24, 2.45) is 5.73 Å². The van der Waals surface area contributed by atoms with Crippen molar-refractivity contribution in [2.45, 2.75) is 17.7 Å². The first-order chi connectivity index (χ1) is 9.76. The van der Waals surface area contributed by atoms with Crippen molar-refractivity contribution < 1.29 is 27.9 Å². The summed E-state index contributed by atoms with van der Waals surface area (Å²) in [7, 11) is -2.55. The van der Waals surface area contributed by atoms with Crippen LogP contribution in [0.3, 0.4) is 0 Å². The second-order valence-electron chi connectivity index (χ2n) is 4.16. The van der Waals surface area contributed by atoms with Gasteiger partial charge in [0.2, 0.25) is 15.9 Å². The highest BCUT2D eigenvalue weighted by molar-refractivity contribution is 7.89. The van der Waals surface area contributed by atoms with Gasteiger partial charge in [0.15, 0.2) is 0 Å². The summed E-state index contributed by atoms with van der Waals surface area (Å²) in [6.45, 7) is -0.157. The van der Waals surface area contributed by atoms with E-state index in [1.165, 1.54) is 25.3 Å². The summed E-state index contributed by atoms with van der Waals surface area (Å²) in [4.78, 5) is 21.3. The number of nitrogens with two attached hydrogens (primary N) is 1. The van der Waals surface area contributed by atoms with E-state index in [4.69, 9.17) is 15.6 Å². The Morgan fingerprint density at radius 1 is 1.38 bits per heavy atom. The second-order valence-corrected chi connectivity index (χ2v) is 5.89. The van der Waals surface area contributed by atoms with Gasteiger partial charge in [0.05, 0.1) is 18.4 Å². The molecule has 116 valence electrons. The Hall–Kier alpha value is -2.13. The highest BCUT2D eigenvalue weighted by Gasteiger charge is 2.20. The number of nitrogens with one attached hydrogen (secondary N) is 1. The zero-order valence-corrected chi connectivity index (χ0v) is 12.1. The number of hydrogen-bond donors (Lipinski definition) is 3. The molecule has 0 saturated heterocycles. The molecule has 0 unspecified atom stereocenters. The molecule has 8 nitrogen and oxygen atoms in total. The summed E-state index contributed by atoms with van der Waals surface area (Å²) in [5.74, 6) is -1.46. The quantitative estimate of drug-likeness (QED) is 0.590. The van der Waals surface area contributed by atoms with Crippen molar-refractivity contribution in [3.63, 3.8) is 0 Å². The van der Waals surface area contributed by atoms with E-state index >= 15 is 0 Å². The second kappa shape index (κ2) is 7.04. The van der Waals surface area contributed by atoms with Crippen LogP contribution in [0, 0.1) is 0 Å². The molecule has 0 spiro atoms. The normalized spacial score (nSPS) is 11.1. The molecule has 9 heteroatoms. The third-order valence-corrected chi connectivity index (χ3v) is 4.12. The van der Waals surface area contributed by atoms with E-state index in [0.29, 0.717) is 5.75 Å². The molecule has 0 saturated carbocycles. The molecular weight excluding hydrogens is 300 g/mol. The average molecular weight is 316 g/mol. The lowest BCUT2D eigenvalue weighted by Crippen LogP contribution is -2.29. The zero-order valence-electron chi connectivity index (χ0n) is 11.3. The van der Waals surface area contributed by atoms with Gasteiger partial charge in [-0.15, -0.1) is 0 Å². The number of benzene rings is 1. The third kappa shape index (κ3) is 5.04. The van der Waals surface area contributed by atoms with E-state index < -0.39 is 28.3 Å². The van der Waals surface area contributed by atoms with Crippen LogP contribution >= 0.6 is 0 Å². The lowest BCUT2D eigenvalue weighted by Gasteiger charge is -2.11. The molecule has 4 N–H and O–H groups in total. The first kappa shape index (κ1) is 16.9. The standard InChI is InChI=1S/C12H16N2O6S/c1-20-9-2-3-10(8(6-9)7-12(16)17)21(18,19)14-5-4-11(13)15/h2-3,6,14H,4-5,7H2,1H3,(H2,13,15)(H,16,17). The van der Waals surface area contributed by atoms with Gasteiger partial charge in [-0.05, 0) is 23.8 Å². The maximum atomic E-state index is 12.1. The fourth-order valence-electron chi connectivity index (χ4n) is 1.63. The fourth-order valence-corrected chi connectivity index (χ4v) is 2.88. The number of ether oxygens (including phenoxy) is 1. The predicted molar refractivity (Wildman–Crippen MR) is 73.3 cm³/mol. The molecule has 0 atom stereocenters. The molecule has 1 aromatic rings. The van der Waals surface area contributed by atoms with Crippen molar-refractivity contribution in [2.75, 3.05) is 13.7 Å². The summed E-state index contributed by atoms with van der Waals surface area (Å²) in [6.07, 6.45) is -0.618. The number of aliphatic carboxylic acids is 1. The van der Waals surface area contributed by atoms with E-state index in [1.54, 1.807) is 0 Å². The summed E-state index contributed by atoms with van der Waals surface area (Å²) < 4.78 is 31.4. The van der Waals surface area contributed by atoms with Gasteiger partial charge in [0.25, 0.3) is 0 Å². The van der Waals surface area contributed by atoms with Crippen molar-refractivity contribution in [3.8, 4) is 5.75 Å². The topological polar surface area (TPSA) is 136 Å². The van der Waals surface area contributed by atoms with E-state index in [2.05, 4.69) is 4.72 Å². The SMILES string of the molecule is COc1ccc(S(=O)(=O)NCCC(N)=O)c(CC(=O)O)c1. The van der Waals surface area contributed by atoms with E-state index in [9.17, 15) is 18.0 Å². The fraction of sp³-hybridized carbons (Fsp3) is 0.333. The largest absolute Gasteiger partial charge is 0.497 e. The number of carboxylic acids is 1. The monoisotopic (exact) mass is 316 g/mol. The van der Waals surface area contributed by atoms with Crippen molar-refractivity contribution in [3.05, 3.63) is 23.8 Å². The summed E-state index contributed by atoms with van der Waals surface area (Å²) in [5, 5.41) is 8.85. The molecule has 0 fully saturated rings. The number of sulfonamides is 1. The predicted octanol–water partition coefficient (Wildman–Crippen LogP) is -0.524. The minimum atomic E-state index is -3.93. The number of carbonyl (C=O) groups is 2. The Kier molecular flexibility index (Phi) is 5.68. The Morgan fingerprint density at radius 2 is 2.05 bits per heavy atom. The summed E-state index contributed by atoms with van der Waals surface area (Å²) in [5.41, 5.74) is 5.02. The van der Waals surface area contributed by atoms with Crippen LogP contribution < -0.4 is 15.2 Å². The van der Waals surface area contributed by atoms with Crippen LogP contribution in [-0.4, -0.2) is 39.1 Å². The van der Waals surface area contributed by atoms with Gasteiger partial charge in [0, 0.05) is 13.0 Å². The Balaban J connectivity index is 3.09. The smallest absolute Gasteiger partial charge is 0.307 e. The number of rotatable bonds is 8. The molecule has 0 radical (unpaired) electrons. The van der Waals surface area contributed by atoms with Crippen LogP contribution in [0.25, 0.3) is 0 Å². The molecule has 0 aliphatic rings. The van der Waals surface area contributed by atoms with Crippen LogP contribution in [0.1, 0.15) is 12.0 Å². The van der Waals surface area contributed by atoms with E-state index in [0.717, 1.165) is 0 Å². The summed E-state index contributed by atoms with van der Waals surface area (Å²) >= 11 is 0. The van der Waals surface area contributed by atoms with Crippen LogP contribution in [-0.2, 0) is 26.0 Å². The van der Waals surface area contributed by atoms with Gasteiger partial charge in [-0.3, -0.25) is 9.59 Å². The van der Waals surface area contributed by atoms with Gasteiger partial charge >= 0.3 is 5.97 Å². The van der Waals surface area contributed by atoms with Gasteiger partial charge < -0.3 is 15.6 Å². The van der Waals surface area contributed by atoms with Crippen molar-refractivity contribution >= 4 is 21.9 Å². The molecule has 0 aliphatic carbocycles. The number of methoxy groups -OCH3 is 1. The maximum Gasteiger partial charge on any atom is 0.307 e. The average Bonchev–Trinajstić information content (AvgIpc) is 2.36. The van der Waals surface area contributed by atoms with Crippen LogP contribution in [0.2, 0.25) is 0 Å². The van der Waals surface area contributed by atoms with Gasteiger partial charge in [-0.1, -0.05) is 0 Å². The van der Waals surface area contributed by atoms with Crippen LogP contribution in [0.15, 0.2) is 23.1 Å². The number of primary amides is 1. The number of carboxylic acid groups (broad SMARTS) is 1. The Labute approximate surface area is 122 Å².